The van der Waals surface area contributed by atoms with Crippen LogP contribution >= 0.6 is 0 Å². The number of aliphatic carboxylic acids is 1. The fourth-order valence-corrected chi connectivity index (χ4v) is 2.39. The first-order valence-corrected chi connectivity index (χ1v) is 8.63. The van der Waals surface area contributed by atoms with Crippen LogP contribution in [-0.4, -0.2) is 23.0 Å². The minimum atomic E-state index is -1.27. The third-order valence-corrected chi connectivity index (χ3v) is 3.80. The quantitative estimate of drug-likeness (QED) is 0.223. The second-order valence-electron chi connectivity index (χ2n) is 5.81. The van der Waals surface area contributed by atoms with E-state index in [1.165, 1.54) is 38.5 Å². The van der Waals surface area contributed by atoms with Crippen LogP contribution in [0.3, 0.4) is 0 Å². The van der Waals surface area contributed by atoms with Gasteiger partial charge in [-0.15, -0.1) is 0 Å². The highest BCUT2D eigenvalue weighted by Crippen LogP contribution is 2.15. The molecule has 0 fully saturated rings. The molecule has 0 aromatic rings. The number of carboxylic acid groups (broad SMARTS) is 1. The lowest BCUT2D eigenvalue weighted by Gasteiger charge is -2.10. The molecule has 1 atom stereocenters. The Labute approximate surface area is 139 Å². The molecule has 23 heavy (non-hydrogen) atoms. The molecule has 0 saturated carbocycles. The maximum absolute atomic E-state index is 11.6. The number of esters is 2. The van der Waals surface area contributed by atoms with Gasteiger partial charge in [-0.3, -0.25) is 9.59 Å². The van der Waals surface area contributed by atoms with Crippen molar-refractivity contribution in [3.05, 3.63) is 12.7 Å². The molecule has 0 aliphatic rings. The van der Waals surface area contributed by atoms with Crippen molar-refractivity contribution >= 4 is 17.9 Å². The van der Waals surface area contributed by atoms with Crippen molar-refractivity contribution in [3.8, 4) is 0 Å². The van der Waals surface area contributed by atoms with Gasteiger partial charge in [-0.05, 0) is 6.42 Å². The zero-order chi connectivity index (χ0) is 17.5. The summed E-state index contributed by atoms with van der Waals surface area (Å²) >= 11 is 0. The van der Waals surface area contributed by atoms with E-state index < -0.39 is 23.8 Å². The first-order chi connectivity index (χ1) is 11.0. The first-order valence-electron chi connectivity index (χ1n) is 8.63. The summed E-state index contributed by atoms with van der Waals surface area (Å²) in [5.41, 5.74) is 0. The number of carboxylic acids is 1. The molecule has 0 aliphatic carbocycles. The van der Waals surface area contributed by atoms with Gasteiger partial charge in [0, 0.05) is 6.08 Å². The van der Waals surface area contributed by atoms with Crippen molar-refractivity contribution in [1.29, 1.82) is 0 Å². The van der Waals surface area contributed by atoms with Crippen molar-refractivity contribution in [2.24, 2.45) is 5.92 Å². The molecule has 0 radical (unpaired) electrons. The summed E-state index contributed by atoms with van der Waals surface area (Å²) < 4.78 is 4.39. The monoisotopic (exact) mass is 326 g/mol. The Hall–Kier alpha value is -1.65. The number of ether oxygens (including phenoxy) is 1. The fourth-order valence-electron chi connectivity index (χ4n) is 2.39. The zero-order valence-corrected chi connectivity index (χ0v) is 14.2. The molecule has 1 N–H and O–H groups in total. The molecular weight excluding hydrogens is 296 g/mol. The molecule has 1 unspecified atom stereocenters. The van der Waals surface area contributed by atoms with E-state index >= 15 is 0 Å². The molecule has 0 amide bonds. The highest BCUT2D eigenvalue weighted by atomic mass is 16.6. The van der Waals surface area contributed by atoms with E-state index in [2.05, 4.69) is 18.2 Å². The molecule has 5 heteroatoms. The maximum Gasteiger partial charge on any atom is 0.337 e. The third kappa shape index (κ3) is 11.6. The number of carbonyl (C=O) groups excluding carboxylic acids is 2. The minimum absolute atomic E-state index is 0.203. The average molecular weight is 326 g/mol. The summed E-state index contributed by atoms with van der Waals surface area (Å²) in [6.45, 7) is 5.37. The number of unbranched alkanes of at least 4 members (excludes halogenated alkanes) is 9. The Morgan fingerprint density at radius 3 is 1.87 bits per heavy atom. The van der Waals surface area contributed by atoms with Gasteiger partial charge in [0.2, 0.25) is 0 Å². The molecule has 0 spiro atoms. The Morgan fingerprint density at radius 1 is 0.957 bits per heavy atom. The van der Waals surface area contributed by atoms with Gasteiger partial charge in [0.15, 0.2) is 5.92 Å². The summed E-state index contributed by atoms with van der Waals surface area (Å²) in [4.78, 5) is 33.6. The van der Waals surface area contributed by atoms with E-state index in [1.54, 1.807) is 0 Å². The van der Waals surface area contributed by atoms with Crippen LogP contribution in [0.5, 0.6) is 0 Å². The molecular formula is C18H30O5. The van der Waals surface area contributed by atoms with Crippen LogP contribution in [0.25, 0.3) is 0 Å². The Morgan fingerprint density at radius 2 is 1.43 bits per heavy atom. The van der Waals surface area contributed by atoms with Crippen molar-refractivity contribution in [1.82, 2.24) is 0 Å². The van der Waals surface area contributed by atoms with Gasteiger partial charge in [-0.1, -0.05) is 77.7 Å². The van der Waals surface area contributed by atoms with Gasteiger partial charge in [0.25, 0.3) is 0 Å². The Kier molecular flexibility index (Phi) is 13.0. The Bertz CT molecular complexity index is 376. The van der Waals surface area contributed by atoms with E-state index in [9.17, 15) is 14.4 Å². The smallest absolute Gasteiger partial charge is 0.337 e. The number of hydrogen-bond acceptors (Lipinski definition) is 4. The highest BCUT2D eigenvalue weighted by molar-refractivity contribution is 6.00. The van der Waals surface area contributed by atoms with Gasteiger partial charge >= 0.3 is 17.9 Å². The van der Waals surface area contributed by atoms with Crippen molar-refractivity contribution < 1.29 is 24.2 Å². The molecule has 0 rings (SSSR count). The van der Waals surface area contributed by atoms with Crippen LogP contribution in [0.2, 0.25) is 0 Å². The lowest BCUT2D eigenvalue weighted by atomic mass is 10.00. The highest BCUT2D eigenvalue weighted by Gasteiger charge is 2.28. The zero-order valence-electron chi connectivity index (χ0n) is 14.2. The van der Waals surface area contributed by atoms with Crippen LogP contribution in [0, 0.1) is 5.92 Å². The van der Waals surface area contributed by atoms with Crippen molar-refractivity contribution in [3.63, 3.8) is 0 Å². The maximum atomic E-state index is 11.6. The van der Waals surface area contributed by atoms with E-state index in [0.717, 1.165) is 25.3 Å². The van der Waals surface area contributed by atoms with Gasteiger partial charge in [0.05, 0.1) is 0 Å². The lowest BCUT2D eigenvalue weighted by Crippen LogP contribution is -2.27. The molecule has 0 aromatic carbocycles. The lowest BCUT2D eigenvalue weighted by molar-refractivity contribution is -0.164. The molecule has 0 aromatic heterocycles. The molecule has 132 valence electrons. The minimum Gasteiger partial charge on any atom is -0.481 e. The summed E-state index contributed by atoms with van der Waals surface area (Å²) in [6, 6.07) is 0. The molecule has 5 nitrogen and oxygen atoms in total. The molecule has 0 bridgehead atoms. The third-order valence-electron chi connectivity index (χ3n) is 3.80. The SMILES string of the molecule is C=CC(=O)OC(=O)C(CCCCCCCCCCCC)C(=O)O. The predicted molar refractivity (Wildman–Crippen MR) is 88.9 cm³/mol. The van der Waals surface area contributed by atoms with Crippen LogP contribution in [0.4, 0.5) is 0 Å². The van der Waals surface area contributed by atoms with Crippen LogP contribution in [0.15, 0.2) is 12.7 Å². The summed E-state index contributed by atoms with van der Waals surface area (Å²) in [7, 11) is 0. The summed E-state index contributed by atoms with van der Waals surface area (Å²) in [5, 5.41) is 9.03. The number of carbonyl (C=O) groups is 3. The first kappa shape index (κ1) is 21.4. The normalized spacial score (nSPS) is 11.7. The van der Waals surface area contributed by atoms with Crippen molar-refractivity contribution in [2.75, 3.05) is 0 Å². The van der Waals surface area contributed by atoms with Gasteiger partial charge in [0.1, 0.15) is 0 Å². The molecule has 0 saturated heterocycles. The standard InChI is InChI=1S/C18H30O5/c1-3-5-6-7-8-9-10-11-12-13-14-15(17(20)21)18(22)23-16(19)4-2/h4,15H,2-3,5-14H2,1H3,(H,20,21). The summed E-state index contributed by atoms with van der Waals surface area (Å²) in [5.74, 6) is -4.43. The van der Waals surface area contributed by atoms with Gasteiger partial charge < -0.3 is 9.84 Å². The van der Waals surface area contributed by atoms with Crippen LogP contribution < -0.4 is 0 Å². The van der Waals surface area contributed by atoms with E-state index in [1.807, 2.05) is 0 Å². The van der Waals surface area contributed by atoms with Gasteiger partial charge in [-0.2, -0.15) is 0 Å². The topological polar surface area (TPSA) is 80.7 Å². The van der Waals surface area contributed by atoms with Crippen LogP contribution in [-0.2, 0) is 19.1 Å². The fraction of sp³-hybridized carbons (Fsp3) is 0.722. The van der Waals surface area contributed by atoms with E-state index in [0.29, 0.717) is 6.42 Å². The van der Waals surface area contributed by atoms with E-state index in [-0.39, 0.29) is 6.42 Å². The van der Waals surface area contributed by atoms with Gasteiger partial charge in [-0.25, -0.2) is 4.79 Å². The Balaban J connectivity index is 3.77. The molecule has 0 heterocycles. The summed E-state index contributed by atoms with van der Waals surface area (Å²) in [6.07, 6.45) is 12.4. The largest absolute Gasteiger partial charge is 0.481 e. The number of rotatable bonds is 14. The van der Waals surface area contributed by atoms with E-state index in [4.69, 9.17) is 5.11 Å². The van der Waals surface area contributed by atoms with Crippen LogP contribution in [0.1, 0.15) is 77.6 Å². The van der Waals surface area contributed by atoms with Crippen molar-refractivity contribution in [2.45, 2.75) is 77.6 Å². The second-order valence-corrected chi connectivity index (χ2v) is 5.81. The number of hydrogen-bond donors (Lipinski definition) is 1. The molecule has 0 aliphatic heterocycles. The second kappa shape index (κ2) is 14.0. The average Bonchev–Trinajstić information content (AvgIpc) is 2.51. The predicted octanol–water partition coefficient (Wildman–Crippen LogP) is 4.25.